The van der Waals surface area contributed by atoms with Gasteiger partial charge in [-0.25, -0.2) is 13.9 Å². The lowest BCUT2D eigenvalue weighted by Gasteiger charge is -2.23. The van der Waals surface area contributed by atoms with Gasteiger partial charge in [0, 0.05) is 12.0 Å². The minimum atomic E-state index is -1.37. The van der Waals surface area contributed by atoms with Gasteiger partial charge in [-0.1, -0.05) is 0 Å². The summed E-state index contributed by atoms with van der Waals surface area (Å²) in [5.41, 5.74) is 2.11. The Labute approximate surface area is 177 Å². The average Bonchev–Trinajstić information content (AvgIpc) is 3.40. The van der Waals surface area contributed by atoms with E-state index in [4.69, 9.17) is 19.3 Å². The molecule has 1 fully saturated rings. The van der Waals surface area contributed by atoms with E-state index in [1.54, 1.807) is 12.3 Å². The first-order valence-corrected chi connectivity index (χ1v) is 10.4. The van der Waals surface area contributed by atoms with E-state index in [0.29, 0.717) is 23.7 Å². The summed E-state index contributed by atoms with van der Waals surface area (Å²) in [7, 11) is 0. The van der Waals surface area contributed by atoms with Crippen LogP contribution >= 0.6 is 0 Å². The predicted molar refractivity (Wildman–Crippen MR) is 107 cm³/mol. The molecule has 5 rings (SSSR count). The van der Waals surface area contributed by atoms with E-state index >= 15 is 0 Å². The molecule has 1 unspecified atom stereocenters. The minimum Gasteiger partial charge on any atom is -0.490 e. The number of cyclic esters (lactones) is 1. The number of alkyl halides is 1. The number of nitrogens with one attached hydrogen (secondary N) is 1. The van der Waals surface area contributed by atoms with Crippen molar-refractivity contribution in [1.82, 2.24) is 30.1 Å². The molecule has 2 aliphatic rings. The van der Waals surface area contributed by atoms with Gasteiger partial charge >= 0.3 is 6.09 Å². The van der Waals surface area contributed by atoms with Crippen LogP contribution in [0.2, 0.25) is 0 Å². The second-order valence-corrected chi connectivity index (χ2v) is 7.54. The minimum absolute atomic E-state index is 0.0582. The van der Waals surface area contributed by atoms with Gasteiger partial charge in [0.25, 0.3) is 0 Å². The highest BCUT2D eigenvalue weighted by Crippen LogP contribution is 2.34. The molecule has 2 aliphatic heterocycles. The van der Waals surface area contributed by atoms with E-state index < -0.39 is 12.3 Å². The summed E-state index contributed by atoms with van der Waals surface area (Å²) in [4.78, 5) is 13.1. The van der Waals surface area contributed by atoms with E-state index in [1.165, 1.54) is 4.80 Å². The van der Waals surface area contributed by atoms with Gasteiger partial charge in [-0.3, -0.25) is 0 Å². The van der Waals surface area contributed by atoms with Gasteiger partial charge in [-0.15, -0.1) is 0 Å². The molecule has 2 aromatic heterocycles. The molecule has 164 valence electrons. The number of nitrogens with zero attached hydrogens (tertiary/aromatic N) is 5. The SMILES string of the molecule is O=C1NC[C@H](F)COc2ccc3c(c2)c(nn3C2CCCCO2)-c2cnn(n2)CCO1. The second-order valence-electron chi connectivity index (χ2n) is 7.54. The summed E-state index contributed by atoms with van der Waals surface area (Å²) in [6, 6.07) is 5.51. The fraction of sp³-hybridized carbons (Fsp3) is 0.500. The highest BCUT2D eigenvalue weighted by Gasteiger charge is 2.23. The average molecular weight is 430 g/mol. The number of carbonyl (C=O) groups is 1. The number of ether oxygens (including phenoxy) is 3. The molecular formula is C20H23FN6O4. The summed E-state index contributed by atoms with van der Waals surface area (Å²) in [5.74, 6) is 0.502. The van der Waals surface area contributed by atoms with E-state index in [-0.39, 0.29) is 32.5 Å². The molecule has 0 radical (unpaired) electrons. The van der Waals surface area contributed by atoms with Crippen molar-refractivity contribution >= 4 is 17.0 Å². The first-order valence-electron chi connectivity index (χ1n) is 10.4. The summed E-state index contributed by atoms with van der Waals surface area (Å²) in [6.45, 7) is 0.627. The molecular weight excluding hydrogens is 407 g/mol. The van der Waals surface area contributed by atoms with Crippen LogP contribution in [-0.2, 0) is 16.0 Å². The number of carbonyl (C=O) groups excluding carboxylic acids is 1. The maximum absolute atomic E-state index is 14.1. The number of aromatic nitrogens is 5. The lowest BCUT2D eigenvalue weighted by atomic mass is 10.1. The van der Waals surface area contributed by atoms with E-state index in [1.807, 2.05) is 16.8 Å². The first-order chi connectivity index (χ1) is 15.2. The maximum Gasteiger partial charge on any atom is 0.407 e. The van der Waals surface area contributed by atoms with E-state index in [2.05, 4.69) is 15.5 Å². The number of hydrogen-bond donors (Lipinski definition) is 1. The molecule has 2 atom stereocenters. The zero-order chi connectivity index (χ0) is 21.2. The Hall–Kier alpha value is -3.21. The van der Waals surface area contributed by atoms with Crippen LogP contribution in [0, 0.1) is 0 Å². The summed E-state index contributed by atoms with van der Waals surface area (Å²) < 4.78 is 32.6. The van der Waals surface area contributed by atoms with Gasteiger partial charge in [-0.05, 0) is 37.5 Å². The molecule has 10 nitrogen and oxygen atoms in total. The number of fused-ring (bicyclic) bond motifs is 4. The predicted octanol–water partition coefficient (Wildman–Crippen LogP) is 2.45. The first kappa shape index (κ1) is 19.7. The van der Waals surface area contributed by atoms with Crippen molar-refractivity contribution in [2.45, 2.75) is 38.2 Å². The molecule has 0 spiro atoms. The topological polar surface area (TPSA) is 105 Å². The standard InChI is InChI=1S/C20H23FN6O4/c21-13-10-22-20(28)30-8-6-26-23-11-16(24-26)19-15-9-14(31-12-13)4-5-17(15)27(25-19)18-3-1-2-7-29-18/h4-5,9,11,13,18H,1-3,6-8,10,12H2,(H,22,28)/t13-,18?/m0/s1. The Morgan fingerprint density at radius 2 is 2.10 bits per heavy atom. The Morgan fingerprint density at radius 1 is 1.16 bits per heavy atom. The van der Waals surface area contributed by atoms with Crippen molar-refractivity contribution in [3.05, 3.63) is 24.4 Å². The van der Waals surface area contributed by atoms with Crippen LogP contribution in [0.3, 0.4) is 0 Å². The Kier molecular flexibility index (Phi) is 5.41. The molecule has 1 saturated heterocycles. The number of alkyl carbamates (subject to hydrolysis) is 1. The van der Waals surface area contributed by atoms with Crippen LogP contribution in [0.5, 0.6) is 5.75 Å². The highest BCUT2D eigenvalue weighted by molar-refractivity contribution is 5.93. The van der Waals surface area contributed by atoms with E-state index in [9.17, 15) is 9.18 Å². The fourth-order valence-electron chi connectivity index (χ4n) is 3.76. The van der Waals surface area contributed by atoms with Crippen LogP contribution in [0.4, 0.5) is 9.18 Å². The third-order valence-corrected chi connectivity index (χ3v) is 5.31. The highest BCUT2D eigenvalue weighted by atomic mass is 19.1. The van der Waals surface area contributed by atoms with Gasteiger partial charge < -0.3 is 19.5 Å². The van der Waals surface area contributed by atoms with Crippen molar-refractivity contribution in [3.8, 4) is 17.1 Å². The second kappa shape index (κ2) is 8.50. The largest absolute Gasteiger partial charge is 0.490 e. The van der Waals surface area contributed by atoms with Gasteiger partial charge in [0.2, 0.25) is 0 Å². The molecule has 0 aliphatic carbocycles. The maximum atomic E-state index is 14.1. The number of halogens is 1. The van der Waals surface area contributed by atoms with Crippen LogP contribution in [0.25, 0.3) is 22.3 Å². The van der Waals surface area contributed by atoms with Gasteiger partial charge in [0.15, 0.2) is 12.4 Å². The molecule has 4 heterocycles. The van der Waals surface area contributed by atoms with Gasteiger partial charge in [0.05, 0.1) is 24.8 Å². The lowest BCUT2D eigenvalue weighted by Crippen LogP contribution is -2.34. The zero-order valence-corrected chi connectivity index (χ0v) is 16.9. The van der Waals surface area contributed by atoms with Crippen molar-refractivity contribution in [1.29, 1.82) is 0 Å². The van der Waals surface area contributed by atoms with Crippen molar-refractivity contribution < 1.29 is 23.4 Å². The normalized spacial score (nSPS) is 22.7. The zero-order valence-electron chi connectivity index (χ0n) is 16.9. The molecule has 11 heteroatoms. The van der Waals surface area contributed by atoms with Crippen LogP contribution in [-0.4, -0.2) is 63.4 Å². The van der Waals surface area contributed by atoms with E-state index in [0.717, 1.165) is 30.2 Å². The third-order valence-electron chi connectivity index (χ3n) is 5.31. The van der Waals surface area contributed by atoms with Crippen LogP contribution in [0.15, 0.2) is 24.4 Å². The molecule has 0 saturated carbocycles. The number of benzene rings is 1. The third kappa shape index (κ3) is 4.18. The summed E-state index contributed by atoms with van der Waals surface area (Å²) in [6.07, 6.45) is 2.39. The van der Waals surface area contributed by atoms with Crippen molar-refractivity contribution in [2.24, 2.45) is 0 Å². The quantitative estimate of drug-likeness (QED) is 0.632. The number of amides is 1. The molecule has 1 amide bonds. The Morgan fingerprint density at radius 3 is 2.97 bits per heavy atom. The molecule has 1 N–H and O–H groups in total. The lowest BCUT2D eigenvalue weighted by molar-refractivity contribution is -0.0365. The van der Waals surface area contributed by atoms with Crippen molar-refractivity contribution in [3.63, 3.8) is 0 Å². The molecule has 4 bridgehead atoms. The number of rotatable bonds is 1. The summed E-state index contributed by atoms with van der Waals surface area (Å²) >= 11 is 0. The van der Waals surface area contributed by atoms with Gasteiger partial charge in [-0.2, -0.15) is 20.1 Å². The number of hydrogen-bond acceptors (Lipinski definition) is 7. The Balaban J connectivity index is 1.56. The monoisotopic (exact) mass is 430 g/mol. The molecule has 3 aromatic rings. The fourth-order valence-corrected chi connectivity index (χ4v) is 3.76. The van der Waals surface area contributed by atoms with Gasteiger partial charge in [0.1, 0.15) is 30.4 Å². The smallest absolute Gasteiger partial charge is 0.407 e. The summed E-state index contributed by atoms with van der Waals surface area (Å²) in [5, 5.41) is 16.8. The van der Waals surface area contributed by atoms with Crippen molar-refractivity contribution in [2.75, 3.05) is 26.4 Å². The Bertz CT molecular complexity index is 1080. The molecule has 31 heavy (non-hydrogen) atoms. The van der Waals surface area contributed by atoms with Crippen LogP contribution < -0.4 is 10.1 Å². The van der Waals surface area contributed by atoms with Crippen LogP contribution in [0.1, 0.15) is 25.5 Å². The molecule has 1 aromatic carbocycles.